The maximum absolute atomic E-state index is 12.9. The molecule has 0 fully saturated rings. The Hall–Kier alpha value is -1.25. The van der Waals surface area contributed by atoms with Gasteiger partial charge in [-0.1, -0.05) is 26.8 Å². The van der Waals surface area contributed by atoms with Gasteiger partial charge in [0.2, 0.25) is 0 Å². The summed E-state index contributed by atoms with van der Waals surface area (Å²) in [4.78, 5) is 11.6. The van der Waals surface area contributed by atoms with Crippen LogP contribution in [0.5, 0.6) is 0 Å². The predicted molar refractivity (Wildman–Crippen MR) is 63.8 cm³/mol. The zero-order chi connectivity index (χ0) is 13.1. The number of hydrogen-bond donors (Lipinski definition) is 0. The molecule has 0 heterocycles. The van der Waals surface area contributed by atoms with Gasteiger partial charge >= 0.3 is 0 Å². The average Bonchev–Trinajstić information content (AvgIpc) is 2.20. The Balaban J connectivity index is 2.54. The van der Waals surface area contributed by atoms with Crippen LogP contribution in [0, 0.1) is 17.0 Å². The lowest BCUT2D eigenvalue weighted by molar-refractivity contribution is -0.118. The number of halogens is 2. The molecule has 0 unspecified atom stereocenters. The molecule has 1 rings (SSSR count). The van der Waals surface area contributed by atoms with Gasteiger partial charge in [-0.2, -0.15) is 0 Å². The Morgan fingerprint density at radius 2 is 1.82 bits per heavy atom. The van der Waals surface area contributed by atoms with E-state index in [1.807, 2.05) is 0 Å². The van der Waals surface area contributed by atoms with Crippen molar-refractivity contribution in [1.82, 2.24) is 0 Å². The fourth-order valence-corrected chi connectivity index (χ4v) is 1.48. The van der Waals surface area contributed by atoms with Crippen LogP contribution < -0.4 is 0 Å². The standard InChI is InChI=1S/C14H18F2O/c1-14(2,3)7-6-11(17)8-10-4-5-12(15)13(16)9-10/h4-5,9H,6-8H2,1-3H3. The first-order chi connectivity index (χ1) is 7.78. The molecule has 0 saturated heterocycles. The van der Waals surface area contributed by atoms with Crippen molar-refractivity contribution in [3.8, 4) is 0 Å². The summed E-state index contributed by atoms with van der Waals surface area (Å²) in [5.41, 5.74) is 0.645. The third-order valence-electron chi connectivity index (χ3n) is 2.54. The number of rotatable bonds is 4. The van der Waals surface area contributed by atoms with E-state index in [4.69, 9.17) is 0 Å². The topological polar surface area (TPSA) is 17.1 Å². The van der Waals surface area contributed by atoms with Crippen LogP contribution in [-0.2, 0) is 11.2 Å². The van der Waals surface area contributed by atoms with E-state index in [9.17, 15) is 13.6 Å². The molecule has 0 saturated carbocycles. The third-order valence-corrected chi connectivity index (χ3v) is 2.54. The van der Waals surface area contributed by atoms with Crippen molar-refractivity contribution in [2.24, 2.45) is 5.41 Å². The zero-order valence-corrected chi connectivity index (χ0v) is 10.5. The van der Waals surface area contributed by atoms with Gasteiger partial charge in [-0.15, -0.1) is 0 Å². The van der Waals surface area contributed by atoms with Crippen LogP contribution in [0.1, 0.15) is 39.2 Å². The minimum atomic E-state index is -0.897. The lowest BCUT2D eigenvalue weighted by atomic mass is 9.89. The monoisotopic (exact) mass is 240 g/mol. The van der Waals surface area contributed by atoms with Crippen molar-refractivity contribution < 1.29 is 13.6 Å². The summed E-state index contributed by atoms with van der Waals surface area (Å²) in [6, 6.07) is 3.60. The van der Waals surface area contributed by atoms with E-state index in [1.165, 1.54) is 6.07 Å². The van der Waals surface area contributed by atoms with Gasteiger partial charge in [0, 0.05) is 12.8 Å². The Kier molecular flexibility index (Phi) is 4.38. The maximum atomic E-state index is 12.9. The Morgan fingerprint density at radius 3 is 2.35 bits per heavy atom. The maximum Gasteiger partial charge on any atom is 0.159 e. The summed E-state index contributed by atoms with van der Waals surface area (Å²) in [6.07, 6.45) is 1.45. The first-order valence-electron chi connectivity index (χ1n) is 5.73. The van der Waals surface area contributed by atoms with Crippen LogP contribution in [0.15, 0.2) is 18.2 Å². The molecule has 0 bridgehead atoms. The van der Waals surface area contributed by atoms with Crippen molar-refractivity contribution in [2.75, 3.05) is 0 Å². The van der Waals surface area contributed by atoms with Crippen molar-refractivity contribution in [1.29, 1.82) is 0 Å². The summed E-state index contributed by atoms with van der Waals surface area (Å²) in [5, 5.41) is 0. The van der Waals surface area contributed by atoms with Gasteiger partial charge in [-0.25, -0.2) is 8.78 Å². The highest BCUT2D eigenvalue weighted by Gasteiger charge is 2.13. The molecule has 0 aliphatic rings. The second-order valence-electron chi connectivity index (χ2n) is 5.52. The van der Waals surface area contributed by atoms with Gasteiger partial charge in [-0.3, -0.25) is 4.79 Å². The van der Waals surface area contributed by atoms with Gasteiger partial charge in [0.05, 0.1) is 0 Å². The molecule has 0 atom stereocenters. The molecule has 0 spiro atoms. The van der Waals surface area contributed by atoms with Gasteiger partial charge in [0.1, 0.15) is 5.78 Å². The van der Waals surface area contributed by atoms with Gasteiger partial charge < -0.3 is 0 Å². The lowest BCUT2D eigenvalue weighted by Gasteiger charge is -2.16. The molecule has 1 aromatic rings. The minimum Gasteiger partial charge on any atom is -0.299 e. The quantitative estimate of drug-likeness (QED) is 0.780. The number of benzene rings is 1. The lowest BCUT2D eigenvalue weighted by Crippen LogP contribution is -2.10. The van der Waals surface area contributed by atoms with E-state index in [0.29, 0.717) is 12.0 Å². The summed E-state index contributed by atoms with van der Waals surface area (Å²) >= 11 is 0. The molecule has 17 heavy (non-hydrogen) atoms. The zero-order valence-electron chi connectivity index (χ0n) is 10.5. The number of carbonyl (C=O) groups is 1. The molecular weight excluding hydrogens is 222 g/mol. The molecule has 0 aromatic heterocycles. The second-order valence-corrected chi connectivity index (χ2v) is 5.52. The smallest absolute Gasteiger partial charge is 0.159 e. The summed E-state index contributed by atoms with van der Waals surface area (Å²) in [7, 11) is 0. The van der Waals surface area contributed by atoms with Gasteiger partial charge in [0.15, 0.2) is 11.6 Å². The van der Waals surface area contributed by atoms with E-state index in [1.54, 1.807) is 0 Å². The van der Waals surface area contributed by atoms with E-state index in [-0.39, 0.29) is 17.6 Å². The Bertz CT molecular complexity index is 405. The van der Waals surface area contributed by atoms with Gasteiger partial charge in [0.25, 0.3) is 0 Å². The normalized spacial score (nSPS) is 11.6. The van der Waals surface area contributed by atoms with Crippen molar-refractivity contribution in [2.45, 2.75) is 40.0 Å². The highest BCUT2D eigenvalue weighted by molar-refractivity contribution is 5.80. The molecule has 1 nitrogen and oxygen atoms in total. The fourth-order valence-electron chi connectivity index (χ4n) is 1.48. The number of carbonyl (C=O) groups excluding carboxylic acids is 1. The molecule has 0 N–H and O–H groups in total. The molecule has 0 aliphatic heterocycles. The average molecular weight is 240 g/mol. The molecule has 3 heteroatoms. The molecule has 0 aliphatic carbocycles. The SMILES string of the molecule is CC(C)(C)CCC(=O)Cc1ccc(F)c(F)c1. The third kappa shape index (κ3) is 5.07. The Morgan fingerprint density at radius 1 is 1.18 bits per heavy atom. The highest BCUT2D eigenvalue weighted by Crippen LogP contribution is 2.21. The van der Waals surface area contributed by atoms with E-state index in [2.05, 4.69) is 20.8 Å². The molecule has 0 radical (unpaired) electrons. The summed E-state index contributed by atoms with van der Waals surface area (Å²) in [5.74, 6) is -1.71. The molecule has 0 amide bonds. The fraction of sp³-hybridized carbons (Fsp3) is 0.500. The number of Topliss-reactive ketones (excluding diaryl/α,β-unsaturated/α-hetero) is 1. The molecule has 1 aromatic carbocycles. The minimum absolute atomic E-state index is 0.0610. The van der Waals surface area contributed by atoms with E-state index < -0.39 is 11.6 Å². The number of ketones is 1. The van der Waals surface area contributed by atoms with Crippen LogP contribution >= 0.6 is 0 Å². The second kappa shape index (κ2) is 5.39. The highest BCUT2D eigenvalue weighted by atomic mass is 19.2. The largest absolute Gasteiger partial charge is 0.299 e. The van der Waals surface area contributed by atoms with Crippen LogP contribution in [0.3, 0.4) is 0 Å². The van der Waals surface area contributed by atoms with Crippen LogP contribution in [0.25, 0.3) is 0 Å². The van der Waals surface area contributed by atoms with Crippen LogP contribution in [0.2, 0.25) is 0 Å². The van der Waals surface area contributed by atoms with E-state index >= 15 is 0 Å². The van der Waals surface area contributed by atoms with Crippen molar-refractivity contribution >= 4 is 5.78 Å². The Labute approximate surface area is 101 Å². The molecular formula is C14H18F2O. The van der Waals surface area contributed by atoms with Crippen molar-refractivity contribution in [3.63, 3.8) is 0 Å². The first kappa shape index (κ1) is 13.8. The first-order valence-corrected chi connectivity index (χ1v) is 5.73. The predicted octanol–water partition coefficient (Wildman–Crippen LogP) is 3.90. The molecule has 94 valence electrons. The van der Waals surface area contributed by atoms with Crippen LogP contribution in [-0.4, -0.2) is 5.78 Å². The van der Waals surface area contributed by atoms with E-state index in [0.717, 1.165) is 18.6 Å². The summed E-state index contributed by atoms with van der Waals surface area (Å²) in [6.45, 7) is 6.20. The van der Waals surface area contributed by atoms with Crippen LogP contribution in [0.4, 0.5) is 8.78 Å². The van der Waals surface area contributed by atoms with Gasteiger partial charge in [-0.05, 0) is 29.5 Å². The van der Waals surface area contributed by atoms with Crippen molar-refractivity contribution in [3.05, 3.63) is 35.4 Å². The summed E-state index contributed by atoms with van der Waals surface area (Å²) < 4.78 is 25.6. The number of hydrogen-bond acceptors (Lipinski definition) is 1.